The predicted molar refractivity (Wildman–Crippen MR) is 119 cm³/mol. The van der Waals surface area contributed by atoms with E-state index >= 15 is 0 Å². The first-order chi connectivity index (χ1) is 15.0. The Balaban J connectivity index is 0.00000289. The minimum absolute atomic E-state index is 0. The summed E-state index contributed by atoms with van der Waals surface area (Å²) in [5, 5.41) is 2.65. The third-order valence-electron chi connectivity index (χ3n) is 5.93. The molecule has 1 fully saturated rings. The highest BCUT2D eigenvalue weighted by atomic mass is 16.2. The lowest BCUT2D eigenvalue weighted by Gasteiger charge is -2.28. The molecule has 31 heavy (non-hydrogen) atoms. The van der Waals surface area contributed by atoms with Gasteiger partial charge in [0.1, 0.15) is 11.5 Å². The van der Waals surface area contributed by atoms with Crippen LogP contribution >= 0.6 is 0 Å². The van der Waals surface area contributed by atoms with Crippen molar-refractivity contribution in [1.29, 1.82) is 0 Å². The first-order valence-electron chi connectivity index (χ1n) is 10.9. The highest BCUT2D eigenvalue weighted by Gasteiger charge is 2.48. The van der Waals surface area contributed by atoms with Crippen LogP contribution < -0.4 is 16.8 Å². The van der Waals surface area contributed by atoms with Crippen molar-refractivity contribution in [2.24, 2.45) is 11.5 Å². The summed E-state index contributed by atoms with van der Waals surface area (Å²) in [5.41, 5.74) is 14.6. The third kappa shape index (κ3) is 4.57. The number of rotatable bonds is 7. The number of nitrogens with zero attached hydrogens (tertiary/aromatic N) is 2. The van der Waals surface area contributed by atoms with E-state index in [9.17, 15) is 14.4 Å². The Bertz CT molecular complexity index is 959. The Kier molecular flexibility index (Phi) is 5.97. The standard InChI is InChI=1S/C23H29N5O3.H2/c24-18(15-5-2-1-3-6-15)10-11-19(25)26-20(29)12-14-27-13-4-7-17-21(27)23(31)28(22(17)30)16-8-9-16;/h2,5-6,10-11,16H,1,3-4,7-9,12-14,24-25H2,(H,26,29);1H/b18-10-,19-11+;. The zero-order valence-corrected chi connectivity index (χ0v) is 17.6. The van der Waals surface area contributed by atoms with Crippen molar-refractivity contribution >= 4 is 17.7 Å². The molecule has 2 aliphatic carbocycles. The van der Waals surface area contributed by atoms with E-state index in [2.05, 4.69) is 17.5 Å². The van der Waals surface area contributed by atoms with Gasteiger partial charge in [0.15, 0.2) is 0 Å². The first kappa shape index (κ1) is 21.0. The molecular weight excluding hydrogens is 394 g/mol. The summed E-state index contributed by atoms with van der Waals surface area (Å²) in [6.45, 7) is 1.03. The molecule has 8 nitrogen and oxygen atoms in total. The number of carbonyl (C=O) groups excluding carboxylic acids is 3. The molecule has 0 aromatic heterocycles. The summed E-state index contributed by atoms with van der Waals surface area (Å²) in [5.74, 6) is -0.384. The summed E-state index contributed by atoms with van der Waals surface area (Å²) >= 11 is 0. The molecule has 4 rings (SSSR count). The van der Waals surface area contributed by atoms with Crippen LogP contribution in [-0.4, -0.2) is 46.7 Å². The zero-order chi connectivity index (χ0) is 22.0. The van der Waals surface area contributed by atoms with Gasteiger partial charge in [-0.2, -0.15) is 0 Å². The SMILES string of the molecule is N/C(=C\C=C(/N)NC(=O)CCN1CCCC2=C1C(=O)N(C1CC1)C2=O)C1=CCCC=C1.[HH]. The van der Waals surface area contributed by atoms with Crippen LogP contribution in [0.1, 0.15) is 46.4 Å². The second kappa shape index (κ2) is 8.83. The Hall–Kier alpha value is -3.29. The number of hydrogen-bond donors (Lipinski definition) is 3. The molecule has 0 radical (unpaired) electrons. The molecule has 3 amide bonds. The second-order valence-corrected chi connectivity index (χ2v) is 8.31. The predicted octanol–water partition coefficient (Wildman–Crippen LogP) is 1.54. The minimum atomic E-state index is -0.249. The van der Waals surface area contributed by atoms with Gasteiger partial charge in [-0.05, 0) is 56.3 Å². The van der Waals surface area contributed by atoms with Crippen molar-refractivity contribution in [3.63, 3.8) is 0 Å². The van der Waals surface area contributed by atoms with Gasteiger partial charge in [-0.15, -0.1) is 0 Å². The van der Waals surface area contributed by atoms with Gasteiger partial charge in [-0.3, -0.25) is 19.3 Å². The van der Waals surface area contributed by atoms with E-state index in [1.54, 1.807) is 12.2 Å². The molecule has 166 valence electrons. The van der Waals surface area contributed by atoms with E-state index in [4.69, 9.17) is 11.5 Å². The molecule has 2 heterocycles. The molecule has 0 spiro atoms. The molecule has 4 aliphatic rings. The lowest BCUT2D eigenvalue weighted by molar-refractivity contribution is -0.139. The van der Waals surface area contributed by atoms with E-state index < -0.39 is 0 Å². The number of amides is 3. The number of nitrogens with one attached hydrogen (secondary N) is 1. The Morgan fingerprint density at radius 1 is 1.19 bits per heavy atom. The van der Waals surface area contributed by atoms with Crippen LogP contribution in [-0.2, 0) is 14.4 Å². The van der Waals surface area contributed by atoms with Crippen molar-refractivity contribution in [2.75, 3.05) is 13.1 Å². The molecule has 0 atom stereocenters. The molecule has 0 saturated heterocycles. The van der Waals surface area contributed by atoms with Crippen molar-refractivity contribution in [3.05, 3.63) is 58.7 Å². The number of hydrogen-bond acceptors (Lipinski definition) is 6. The average molecular weight is 426 g/mol. The van der Waals surface area contributed by atoms with Crippen LogP contribution in [0.25, 0.3) is 0 Å². The van der Waals surface area contributed by atoms with E-state index in [1.165, 1.54) is 4.90 Å². The zero-order valence-electron chi connectivity index (χ0n) is 17.6. The van der Waals surface area contributed by atoms with Crippen molar-refractivity contribution in [2.45, 2.75) is 51.0 Å². The molecular formula is C23H31N5O3. The lowest BCUT2D eigenvalue weighted by Crippen LogP contribution is -2.38. The molecule has 1 saturated carbocycles. The van der Waals surface area contributed by atoms with Crippen molar-refractivity contribution < 1.29 is 15.8 Å². The monoisotopic (exact) mass is 425 g/mol. The largest absolute Gasteiger partial charge is 0.398 e. The third-order valence-corrected chi connectivity index (χ3v) is 5.93. The fraction of sp³-hybridized carbons (Fsp3) is 0.435. The normalized spacial score (nSPS) is 22.1. The van der Waals surface area contributed by atoms with Gasteiger partial charge >= 0.3 is 0 Å². The van der Waals surface area contributed by atoms with E-state index in [-0.39, 0.29) is 37.4 Å². The fourth-order valence-corrected chi connectivity index (χ4v) is 4.18. The van der Waals surface area contributed by atoms with Gasteiger partial charge in [0.2, 0.25) is 5.91 Å². The average Bonchev–Trinajstić information content (AvgIpc) is 3.57. The van der Waals surface area contributed by atoms with Crippen LogP contribution in [0.3, 0.4) is 0 Å². The smallest absolute Gasteiger partial charge is 0.277 e. The maximum atomic E-state index is 12.8. The summed E-state index contributed by atoms with van der Waals surface area (Å²) in [7, 11) is 0. The van der Waals surface area contributed by atoms with Crippen molar-refractivity contribution in [1.82, 2.24) is 15.1 Å². The molecule has 0 bridgehead atoms. The van der Waals surface area contributed by atoms with Crippen LogP contribution in [0, 0.1) is 0 Å². The molecule has 8 heteroatoms. The van der Waals surface area contributed by atoms with Crippen LogP contribution in [0.2, 0.25) is 0 Å². The Morgan fingerprint density at radius 2 is 2.00 bits per heavy atom. The molecule has 0 unspecified atom stereocenters. The second-order valence-electron chi connectivity index (χ2n) is 8.31. The summed E-state index contributed by atoms with van der Waals surface area (Å²) < 4.78 is 0. The number of imide groups is 1. The summed E-state index contributed by atoms with van der Waals surface area (Å²) in [6, 6.07) is 0.0565. The summed E-state index contributed by atoms with van der Waals surface area (Å²) in [6.07, 6.45) is 14.7. The lowest BCUT2D eigenvalue weighted by atomic mass is 10.0. The molecule has 0 aromatic carbocycles. The quantitative estimate of drug-likeness (QED) is 0.420. The molecule has 5 N–H and O–H groups in total. The highest BCUT2D eigenvalue weighted by molar-refractivity contribution is 6.19. The fourth-order valence-electron chi connectivity index (χ4n) is 4.18. The van der Waals surface area contributed by atoms with Gasteiger partial charge in [0.05, 0.1) is 0 Å². The summed E-state index contributed by atoms with van der Waals surface area (Å²) in [4.78, 5) is 41.0. The van der Waals surface area contributed by atoms with Gasteiger partial charge in [0.25, 0.3) is 11.8 Å². The maximum Gasteiger partial charge on any atom is 0.277 e. The van der Waals surface area contributed by atoms with E-state index in [0.29, 0.717) is 36.5 Å². The van der Waals surface area contributed by atoms with Gasteiger partial charge < -0.3 is 21.7 Å². The molecule has 0 aromatic rings. The maximum absolute atomic E-state index is 12.8. The number of carbonyl (C=O) groups is 3. The topological polar surface area (TPSA) is 122 Å². The Labute approximate surface area is 183 Å². The molecule has 2 aliphatic heterocycles. The number of allylic oxidation sites excluding steroid dienone is 5. The van der Waals surface area contributed by atoms with Crippen molar-refractivity contribution in [3.8, 4) is 0 Å². The van der Waals surface area contributed by atoms with Gasteiger partial charge in [-0.25, -0.2) is 0 Å². The minimum Gasteiger partial charge on any atom is -0.398 e. The van der Waals surface area contributed by atoms with Gasteiger partial charge in [0, 0.05) is 38.2 Å². The van der Waals surface area contributed by atoms with Gasteiger partial charge in [-0.1, -0.05) is 18.2 Å². The van der Waals surface area contributed by atoms with Crippen LogP contribution in [0.5, 0.6) is 0 Å². The highest BCUT2D eigenvalue weighted by Crippen LogP contribution is 2.38. The first-order valence-corrected chi connectivity index (χ1v) is 10.9. The van der Waals surface area contributed by atoms with E-state index in [1.807, 2.05) is 11.0 Å². The number of nitrogens with two attached hydrogens (primary N) is 2. The van der Waals surface area contributed by atoms with Crippen LogP contribution in [0.15, 0.2) is 58.7 Å². The Morgan fingerprint density at radius 3 is 2.71 bits per heavy atom. The van der Waals surface area contributed by atoms with E-state index in [0.717, 1.165) is 37.7 Å². The van der Waals surface area contributed by atoms with Crippen LogP contribution in [0.4, 0.5) is 0 Å².